The zero-order valence-electron chi connectivity index (χ0n) is 10.7. The summed E-state index contributed by atoms with van der Waals surface area (Å²) < 4.78 is 0. The summed E-state index contributed by atoms with van der Waals surface area (Å²) in [6.45, 7) is 2.98. The number of hydrogen-bond acceptors (Lipinski definition) is 3. The fourth-order valence-electron chi connectivity index (χ4n) is 2.50. The number of nitrogens with two attached hydrogens (primary N) is 1. The van der Waals surface area contributed by atoms with Gasteiger partial charge in [-0.25, -0.2) is 0 Å². The Kier molecular flexibility index (Phi) is 4.20. The van der Waals surface area contributed by atoms with Crippen molar-refractivity contribution >= 4 is 5.84 Å². The molecule has 1 aromatic rings. The van der Waals surface area contributed by atoms with E-state index >= 15 is 0 Å². The highest BCUT2D eigenvalue weighted by Crippen LogP contribution is 2.27. The zero-order chi connectivity index (χ0) is 13.0. The van der Waals surface area contributed by atoms with E-state index in [4.69, 9.17) is 10.9 Å². The summed E-state index contributed by atoms with van der Waals surface area (Å²) >= 11 is 0. The van der Waals surface area contributed by atoms with Gasteiger partial charge in [0.15, 0.2) is 0 Å². The fourth-order valence-corrected chi connectivity index (χ4v) is 2.50. The molecular formula is C14H21N3O. The molecule has 1 aliphatic rings. The molecule has 0 aliphatic heterocycles. The summed E-state index contributed by atoms with van der Waals surface area (Å²) in [6.07, 6.45) is 2.44. The number of nitrogens with zero attached hydrogens (tertiary/aromatic N) is 1. The first-order valence-corrected chi connectivity index (χ1v) is 6.46. The summed E-state index contributed by atoms with van der Waals surface area (Å²) in [7, 11) is 0. The minimum Gasteiger partial charge on any atom is -0.409 e. The molecule has 2 rings (SSSR count). The Hall–Kier alpha value is -1.55. The second kappa shape index (κ2) is 5.87. The van der Waals surface area contributed by atoms with Gasteiger partial charge in [-0.2, -0.15) is 0 Å². The Labute approximate surface area is 108 Å². The maximum absolute atomic E-state index is 8.88. The van der Waals surface area contributed by atoms with Gasteiger partial charge in [0.05, 0.1) is 5.92 Å². The Morgan fingerprint density at radius 1 is 1.44 bits per heavy atom. The SMILES string of the molecule is CC1CC(NCC(/C(N)=N/O)c2ccccc2)C1. The third kappa shape index (κ3) is 3.01. The highest BCUT2D eigenvalue weighted by Gasteiger charge is 2.26. The molecule has 0 radical (unpaired) electrons. The lowest BCUT2D eigenvalue weighted by atomic mass is 9.81. The average molecular weight is 247 g/mol. The van der Waals surface area contributed by atoms with Crippen LogP contribution in [-0.4, -0.2) is 23.6 Å². The van der Waals surface area contributed by atoms with Crippen molar-refractivity contribution in [1.29, 1.82) is 0 Å². The number of oxime groups is 1. The molecule has 1 aromatic carbocycles. The number of rotatable bonds is 5. The largest absolute Gasteiger partial charge is 0.409 e. The van der Waals surface area contributed by atoms with Gasteiger partial charge in [-0.05, 0) is 24.3 Å². The first-order valence-electron chi connectivity index (χ1n) is 6.46. The molecule has 0 amide bonds. The van der Waals surface area contributed by atoms with E-state index in [1.165, 1.54) is 12.8 Å². The summed E-state index contributed by atoms with van der Waals surface area (Å²) in [5.74, 6) is 1.02. The molecule has 0 spiro atoms. The van der Waals surface area contributed by atoms with Gasteiger partial charge in [0, 0.05) is 12.6 Å². The lowest BCUT2D eigenvalue weighted by molar-refractivity contribution is 0.241. The molecule has 0 bridgehead atoms. The van der Waals surface area contributed by atoms with Crippen LogP contribution in [-0.2, 0) is 0 Å². The molecule has 1 unspecified atom stereocenters. The van der Waals surface area contributed by atoms with Crippen molar-refractivity contribution in [3.05, 3.63) is 35.9 Å². The minimum atomic E-state index is -0.0629. The maximum Gasteiger partial charge on any atom is 0.147 e. The normalized spacial score (nSPS) is 25.5. The van der Waals surface area contributed by atoms with Crippen LogP contribution in [0.2, 0.25) is 0 Å². The number of nitrogens with one attached hydrogen (secondary N) is 1. The van der Waals surface area contributed by atoms with Crippen LogP contribution in [0.3, 0.4) is 0 Å². The van der Waals surface area contributed by atoms with Gasteiger partial charge >= 0.3 is 0 Å². The second-order valence-corrected chi connectivity index (χ2v) is 5.17. The predicted molar refractivity (Wildman–Crippen MR) is 72.8 cm³/mol. The average Bonchev–Trinajstić information content (AvgIpc) is 2.37. The molecular weight excluding hydrogens is 226 g/mol. The van der Waals surface area contributed by atoms with Gasteiger partial charge in [0.1, 0.15) is 5.84 Å². The molecule has 98 valence electrons. The molecule has 0 heterocycles. The van der Waals surface area contributed by atoms with Crippen molar-refractivity contribution in [2.75, 3.05) is 6.54 Å². The van der Waals surface area contributed by atoms with Crippen molar-refractivity contribution in [1.82, 2.24) is 5.32 Å². The van der Waals surface area contributed by atoms with Gasteiger partial charge in [-0.1, -0.05) is 42.4 Å². The summed E-state index contributed by atoms with van der Waals surface area (Å²) in [5.41, 5.74) is 6.86. The van der Waals surface area contributed by atoms with Crippen LogP contribution in [0.15, 0.2) is 35.5 Å². The molecule has 1 saturated carbocycles. The van der Waals surface area contributed by atoms with Crippen LogP contribution in [0.25, 0.3) is 0 Å². The van der Waals surface area contributed by atoms with Crippen molar-refractivity contribution < 1.29 is 5.21 Å². The molecule has 18 heavy (non-hydrogen) atoms. The fraction of sp³-hybridized carbons (Fsp3) is 0.500. The molecule has 0 saturated heterocycles. The standard InChI is InChI=1S/C14H21N3O/c1-10-7-12(8-10)16-9-13(14(15)17-18)11-5-3-2-4-6-11/h2-6,10,12-13,16,18H,7-9H2,1H3,(H2,15,17). The molecule has 4 heteroatoms. The van der Waals surface area contributed by atoms with Crippen molar-refractivity contribution in [3.8, 4) is 0 Å². The lowest BCUT2D eigenvalue weighted by Gasteiger charge is -2.34. The number of benzene rings is 1. The third-order valence-corrected chi connectivity index (χ3v) is 3.66. The van der Waals surface area contributed by atoms with E-state index in [0.29, 0.717) is 6.04 Å². The quantitative estimate of drug-likeness (QED) is 0.322. The molecule has 1 fully saturated rings. The van der Waals surface area contributed by atoms with Crippen molar-refractivity contribution in [3.63, 3.8) is 0 Å². The van der Waals surface area contributed by atoms with Gasteiger partial charge in [-0.3, -0.25) is 0 Å². The van der Waals surface area contributed by atoms with Crippen LogP contribution < -0.4 is 11.1 Å². The van der Waals surface area contributed by atoms with Crippen LogP contribution in [0.1, 0.15) is 31.2 Å². The van der Waals surface area contributed by atoms with Crippen LogP contribution in [0.5, 0.6) is 0 Å². The third-order valence-electron chi connectivity index (χ3n) is 3.66. The summed E-state index contributed by atoms with van der Waals surface area (Å²) in [5, 5.41) is 15.5. The molecule has 1 atom stereocenters. The number of amidine groups is 1. The van der Waals surface area contributed by atoms with Gasteiger partial charge in [-0.15, -0.1) is 0 Å². The molecule has 1 aliphatic carbocycles. The maximum atomic E-state index is 8.88. The smallest absolute Gasteiger partial charge is 0.147 e. The highest BCUT2D eigenvalue weighted by molar-refractivity contribution is 5.87. The van der Waals surface area contributed by atoms with E-state index in [1.807, 2.05) is 30.3 Å². The van der Waals surface area contributed by atoms with E-state index in [-0.39, 0.29) is 11.8 Å². The Balaban J connectivity index is 1.98. The van der Waals surface area contributed by atoms with Crippen LogP contribution in [0, 0.1) is 5.92 Å². The van der Waals surface area contributed by atoms with Gasteiger partial charge < -0.3 is 16.3 Å². The molecule has 4 nitrogen and oxygen atoms in total. The Bertz CT molecular complexity index is 399. The Morgan fingerprint density at radius 2 is 2.11 bits per heavy atom. The van der Waals surface area contributed by atoms with E-state index in [2.05, 4.69) is 17.4 Å². The van der Waals surface area contributed by atoms with E-state index < -0.39 is 0 Å². The topological polar surface area (TPSA) is 70.6 Å². The van der Waals surface area contributed by atoms with E-state index in [9.17, 15) is 0 Å². The van der Waals surface area contributed by atoms with Crippen LogP contribution >= 0.6 is 0 Å². The summed E-state index contributed by atoms with van der Waals surface area (Å²) in [6, 6.07) is 10.5. The first kappa shape index (κ1) is 12.9. The Morgan fingerprint density at radius 3 is 2.67 bits per heavy atom. The van der Waals surface area contributed by atoms with E-state index in [0.717, 1.165) is 18.0 Å². The second-order valence-electron chi connectivity index (χ2n) is 5.17. The van der Waals surface area contributed by atoms with Crippen LogP contribution in [0.4, 0.5) is 0 Å². The highest BCUT2D eigenvalue weighted by atomic mass is 16.4. The lowest BCUT2D eigenvalue weighted by Crippen LogP contribution is -2.43. The van der Waals surface area contributed by atoms with E-state index in [1.54, 1.807) is 0 Å². The monoisotopic (exact) mass is 247 g/mol. The zero-order valence-corrected chi connectivity index (χ0v) is 10.7. The van der Waals surface area contributed by atoms with Gasteiger partial charge in [0.25, 0.3) is 0 Å². The molecule has 0 aromatic heterocycles. The minimum absolute atomic E-state index is 0.0629. The predicted octanol–water partition coefficient (Wildman–Crippen LogP) is 1.90. The van der Waals surface area contributed by atoms with Crippen molar-refractivity contribution in [2.24, 2.45) is 16.8 Å². The summed E-state index contributed by atoms with van der Waals surface area (Å²) in [4.78, 5) is 0. The molecule has 4 N–H and O–H groups in total. The van der Waals surface area contributed by atoms with Crippen molar-refractivity contribution in [2.45, 2.75) is 31.7 Å². The van der Waals surface area contributed by atoms with Gasteiger partial charge in [0.2, 0.25) is 0 Å². The number of hydrogen-bond donors (Lipinski definition) is 3. The first-order chi connectivity index (χ1) is 8.70.